The fraction of sp³-hybridized carbons (Fsp3) is 0. The molecule has 0 aliphatic rings. The monoisotopic (exact) mass is 905 g/mol. The van der Waals surface area contributed by atoms with Gasteiger partial charge in [-0.25, -0.2) is 9.97 Å². The van der Waals surface area contributed by atoms with Crippen molar-refractivity contribution < 1.29 is 0 Å². The van der Waals surface area contributed by atoms with E-state index in [9.17, 15) is 0 Å². The van der Waals surface area contributed by atoms with Crippen LogP contribution in [-0.4, -0.2) is 23.7 Å². The van der Waals surface area contributed by atoms with Crippen molar-refractivity contribution in [2.75, 3.05) is 0 Å². The molecule has 14 aromatic rings. The molecule has 4 heterocycles. The fourth-order valence-corrected chi connectivity index (χ4v) is 10.8. The molecule has 0 fully saturated rings. The predicted octanol–water partition coefficient (Wildman–Crippen LogP) is 16.9. The van der Waals surface area contributed by atoms with Crippen molar-refractivity contribution in [3.8, 4) is 73.2 Å². The van der Waals surface area contributed by atoms with E-state index in [0.717, 1.165) is 56.3 Å². The highest BCUT2D eigenvalue weighted by molar-refractivity contribution is 6.17. The molecule has 0 aliphatic carbocycles. The zero-order valence-electron chi connectivity index (χ0n) is 38.6. The zero-order valence-corrected chi connectivity index (χ0v) is 38.6. The van der Waals surface area contributed by atoms with Gasteiger partial charge < -0.3 is 13.7 Å². The van der Waals surface area contributed by atoms with Crippen LogP contribution in [-0.2, 0) is 0 Å². The highest BCUT2D eigenvalue weighted by Crippen LogP contribution is 2.42. The van der Waals surface area contributed by atoms with Crippen LogP contribution in [0.2, 0.25) is 0 Å². The molecular formula is C66H43N5. The standard InChI is InChI=1S/C66H43N5/c1-4-17-46(18-5-1)57-42-58(47-19-6-2-7-20-47)68-66(67-57)48-33-31-44(32-34-48)49-37-40-62-56(41-49)53-23-10-14-28-60(53)70(62)51-38-35-45(36-39-51)52-26-16-30-63-65(52)55-25-12-15-29-61(55)71(63)64-43-69(50-21-8-3-9-22-50)59-27-13-11-24-54(59)64/h1-43H. The molecule has 10 aromatic carbocycles. The minimum atomic E-state index is 0.702. The summed E-state index contributed by atoms with van der Waals surface area (Å²) in [6.07, 6.45) is 2.29. The Kier molecular flexibility index (Phi) is 9.46. The van der Waals surface area contributed by atoms with Crippen LogP contribution < -0.4 is 0 Å². The maximum Gasteiger partial charge on any atom is 0.160 e. The van der Waals surface area contributed by atoms with E-state index < -0.39 is 0 Å². The Bertz CT molecular complexity index is 4240. The van der Waals surface area contributed by atoms with E-state index in [0.29, 0.717) is 5.82 Å². The fourth-order valence-electron chi connectivity index (χ4n) is 10.8. The molecule has 4 aromatic heterocycles. The van der Waals surface area contributed by atoms with Crippen LogP contribution in [0, 0.1) is 0 Å². The number of aromatic nitrogens is 5. The molecule has 0 N–H and O–H groups in total. The summed E-state index contributed by atoms with van der Waals surface area (Å²) in [6.45, 7) is 0. The van der Waals surface area contributed by atoms with E-state index in [1.54, 1.807) is 0 Å². The molecule has 0 spiro atoms. The van der Waals surface area contributed by atoms with Gasteiger partial charge >= 0.3 is 0 Å². The summed E-state index contributed by atoms with van der Waals surface area (Å²) >= 11 is 0. The highest BCUT2D eigenvalue weighted by atomic mass is 15.1. The van der Waals surface area contributed by atoms with Gasteiger partial charge in [-0.1, -0.05) is 188 Å². The van der Waals surface area contributed by atoms with E-state index in [1.807, 2.05) is 12.1 Å². The first-order chi connectivity index (χ1) is 35.2. The molecule has 0 saturated heterocycles. The molecule has 0 bridgehead atoms. The van der Waals surface area contributed by atoms with Crippen LogP contribution >= 0.6 is 0 Å². The smallest absolute Gasteiger partial charge is 0.160 e. The summed E-state index contributed by atoms with van der Waals surface area (Å²) in [6, 6.07) is 91.1. The minimum Gasteiger partial charge on any atom is -0.314 e. The third-order valence-corrected chi connectivity index (χ3v) is 14.1. The second kappa shape index (κ2) is 16.6. The highest BCUT2D eigenvalue weighted by Gasteiger charge is 2.21. The lowest BCUT2D eigenvalue weighted by Gasteiger charge is -2.11. The van der Waals surface area contributed by atoms with Crippen molar-refractivity contribution in [1.29, 1.82) is 0 Å². The molecule has 332 valence electrons. The van der Waals surface area contributed by atoms with Gasteiger partial charge in [0.15, 0.2) is 5.82 Å². The van der Waals surface area contributed by atoms with Gasteiger partial charge in [-0.05, 0) is 89.0 Å². The van der Waals surface area contributed by atoms with E-state index in [2.05, 4.69) is 263 Å². The van der Waals surface area contributed by atoms with E-state index in [-0.39, 0.29) is 0 Å². The Labute approximate surface area is 410 Å². The average molecular weight is 906 g/mol. The Morgan fingerprint density at radius 2 is 0.803 bits per heavy atom. The lowest BCUT2D eigenvalue weighted by Crippen LogP contribution is -1.96. The molecule has 14 rings (SSSR count). The lowest BCUT2D eigenvalue weighted by molar-refractivity contribution is 1.10. The Hall–Kier alpha value is -9.58. The number of rotatable bonds is 8. The maximum atomic E-state index is 5.07. The number of hydrogen-bond donors (Lipinski definition) is 0. The van der Waals surface area contributed by atoms with E-state index in [1.165, 1.54) is 65.6 Å². The predicted molar refractivity (Wildman–Crippen MR) is 295 cm³/mol. The second-order valence-electron chi connectivity index (χ2n) is 18.2. The molecule has 0 amide bonds. The van der Waals surface area contributed by atoms with Crippen molar-refractivity contribution in [1.82, 2.24) is 23.7 Å². The van der Waals surface area contributed by atoms with Gasteiger partial charge in [-0.2, -0.15) is 0 Å². The lowest BCUT2D eigenvalue weighted by atomic mass is 9.99. The van der Waals surface area contributed by atoms with Crippen LogP contribution in [0.25, 0.3) is 128 Å². The van der Waals surface area contributed by atoms with Gasteiger partial charge in [0, 0.05) is 61.2 Å². The first kappa shape index (κ1) is 40.5. The van der Waals surface area contributed by atoms with Gasteiger partial charge in [0.1, 0.15) is 0 Å². The zero-order chi connectivity index (χ0) is 46.8. The summed E-state index contributed by atoms with van der Waals surface area (Å²) in [7, 11) is 0. The van der Waals surface area contributed by atoms with Crippen molar-refractivity contribution in [3.63, 3.8) is 0 Å². The van der Waals surface area contributed by atoms with Crippen LogP contribution in [0.15, 0.2) is 261 Å². The topological polar surface area (TPSA) is 40.6 Å². The molecule has 5 heteroatoms. The molecule has 5 nitrogen and oxygen atoms in total. The van der Waals surface area contributed by atoms with Crippen molar-refractivity contribution in [3.05, 3.63) is 261 Å². The number of fused-ring (bicyclic) bond motifs is 7. The molecule has 0 atom stereocenters. The summed E-state index contributed by atoms with van der Waals surface area (Å²) in [5, 5.41) is 6.11. The van der Waals surface area contributed by atoms with Gasteiger partial charge in [0.2, 0.25) is 0 Å². The summed E-state index contributed by atoms with van der Waals surface area (Å²) in [5.74, 6) is 0.702. The second-order valence-corrected chi connectivity index (χ2v) is 18.2. The molecule has 0 aliphatic heterocycles. The molecule has 0 unspecified atom stereocenters. The van der Waals surface area contributed by atoms with Crippen LogP contribution in [0.1, 0.15) is 0 Å². The molecule has 71 heavy (non-hydrogen) atoms. The average Bonchev–Trinajstić information content (AvgIpc) is 4.11. The van der Waals surface area contributed by atoms with Gasteiger partial charge in [-0.15, -0.1) is 0 Å². The Morgan fingerprint density at radius 1 is 0.282 bits per heavy atom. The summed E-state index contributed by atoms with van der Waals surface area (Å²) < 4.78 is 7.16. The largest absolute Gasteiger partial charge is 0.314 e. The Balaban J connectivity index is 0.829. The third-order valence-electron chi connectivity index (χ3n) is 14.1. The van der Waals surface area contributed by atoms with Crippen molar-refractivity contribution >= 4 is 54.5 Å². The summed E-state index contributed by atoms with van der Waals surface area (Å²) in [5.41, 5.74) is 18.9. The number of benzene rings is 10. The number of hydrogen-bond acceptors (Lipinski definition) is 2. The van der Waals surface area contributed by atoms with E-state index >= 15 is 0 Å². The third kappa shape index (κ3) is 6.78. The summed E-state index contributed by atoms with van der Waals surface area (Å²) in [4.78, 5) is 10.1. The minimum absolute atomic E-state index is 0.702. The van der Waals surface area contributed by atoms with Crippen LogP contribution in [0.3, 0.4) is 0 Å². The van der Waals surface area contributed by atoms with Crippen LogP contribution in [0.4, 0.5) is 0 Å². The molecule has 0 saturated carbocycles. The Morgan fingerprint density at radius 3 is 1.49 bits per heavy atom. The van der Waals surface area contributed by atoms with Gasteiger partial charge in [-0.3, -0.25) is 0 Å². The first-order valence-electron chi connectivity index (χ1n) is 24.1. The maximum absolute atomic E-state index is 5.07. The van der Waals surface area contributed by atoms with E-state index in [4.69, 9.17) is 9.97 Å². The normalized spacial score (nSPS) is 11.7. The quantitative estimate of drug-likeness (QED) is 0.152. The van der Waals surface area contributed by atoms with Crippen LogP contribution in [0.5, 0.6) is 0 Å². The first-order valence-corrected chi connectivity index (χ1v) is 24.1. The number of nitrogens with zero attached hydrogens (tertiary/aromatic N) is 5. The number of para-hydroxylation sites is 4. The van der Waals surface area contributed by atoms with Crippen molar-refractivity contribution in [2.24, 2.45) is 0 Å². The SMILES string of the molecule is c1ccc(-c2cc(-c3ccccc3)nc(-c3ccc(-c4ccc5c(c4)c4ccccc4n5-c4ccc(-c5cccc6c5c5ccccc5n6-c5cn(-c6ccccc6)c6ccccc56)cc4)cc3)n2)cc1. The molecular weight excluding hydrogens is 863 g/mol. The molecule has 0 radical (unpaired) electrons. The van der Waals surface area contributed by atoms with Crippen molar-refractivity contribution in [2.45, 2.75) is 0 Å². The van der Waals surface area contributed by atoms with Gasteiger partial charge in [0.05, 0.1) is 44.7 Å². The van der Waals surface area contributed by atoms with Gasteiger partial charge in [0.25, 0.3) is 0 Å².